The van der Waals surface area contributed by atoms with E-state index in [0.29, 0.717) is 17.6 Å². The molecule has 5 atom stereocenters. The van der Waals surface area contributed by atoms with E-state index in [-0.39, 0.29) is 30.5 Å². The molecule has 2 aromatic carbocycles. The number of nitrogens with zero attached hydrogens (tertiary/aromatic N) is 4. The van der Waals surface area contributed by atoms with Crippen molar-refractivity contribution in [3.63, 3.8) is 0 Å². The first-order valence-corrected chi connectivity index (χ1v) is 14.8. The van der Waals surface area contributed by atoms with Crippen LogP contribution in [0.3, 0.4) is 0 Å². The van der Waals surface area contributed by atoms with Gasteiger partial charge >= 0.3 is 15.6 Å². The first kappa shape index (κ1) is 28.1. The summed E-state index contributed by atoms with van der Waals surface area (Å²) in [5, 5.41) is 0. The minimum atomic E-state index is -4.70. The molecule has 1 aliphatic rings. The van der Waals surface area contributed by atoms with Crippen molar-refractivity contribution in [1.82, 2.24) is 19.5 Å². The maximum atomic E-state index is 13.5. The minimum absolute atomic E-state index is 0.162. The van der Waals surface area contributed by atoms with E-state index in [9.17, 15) is 27.7 Å². The van der Waals surface area contributed by atoms with Gasteiger partial charge in [0, 0.05) is 24.1 Å². The van der Waals surface area contributed by atoms with Crippen LogP contribution in [-0.4, -0.2) is 42.5 Å². The summed E-state index contributed by atoms with van der Waals surface area (Å²) in [6, 6.07) is 8.93. The fraction of sp³-hybridized carbons (Fsp3) is 0.261. The van der Waals surface area contributed by atoms with Crippen molar-refractivity contribution in [2.24, 2.45) is 11.8 Å². The second-order valence-corrected chi connectivity index (χ2v) is 11.7. The van der Waals surface area contributed by atoms with Crippen LogP contribution in [0.1, 0.15) is 12.5 Å². The zero-order valence-corrected chi connectivity index (χ0v) is 22.3. The zero-order chi connectivity index (χ0) is 28.5. The van der Waals surface area contributed by atoms with E-state index < -0.39 is 45.2 Å². The summed E-state index contributed by atoms with van der Waals surface area (Å²) >= 11 is 0. The van der Waals surface area contributed by atoms with E-state index in [1.807, 2.05) is 0 Å². The van der Waals surface area contributed by atoms with Gasteiger partial charge in [-0.2, -0.15) is 0 Å². The monoisotopic (exact) mass is 597 g/mol. The average Bonchev–Trinajstić information content (AvgIpc) is 3.27. The Kier molecular flexibility index (Phi) is 7.87. The molecule has 0 amide bonds. The van der Waals surface area contributed by atoms with Gasteiger partial charge < -0.3 is 19.3 Å². The summed E-state index contributed by atoms with van der Waals surface area (Å²) in [5.74, 6) is -2.62. The first-order valence-electron chi connectivity index (χ1n) is 11.8. The number of phosphoric ester groups is 2. The molecule has 5 rings (SSSR count). The second-order valence-electron chi connectivity index (χ2n) is 8.94. The van der Waals surface area contributed by atoms with Gasteiger partial charge in [0.15, 0.2) is 11.5 Å². The number of hydrogen-bond acceptors (Lipinski definition) is 10. The Morgan fingerprint density at radius 1 is 0.925 bits per heavy atom. The molecule has 0 spiro atoms. The molecule has 40 heavy (non-hydrogen) atoms. The van der Waals surface area contributed by atoms with Gasteiger partial charge in [0.05, 0.1) is 19.5 Å². The van der Waals surface area contributed by atoms with E-state index in [4.69, 9.17) is 23.8 Å². The van der Waals surface area contributed by atoms with Crippen molar-refractivity contribution in [2.75, 3.05) is 18.9 Å². The summed E-state index contributed by atoms with van der Waals surface area (Å²) in [7, 11) is -9.35. The normalized spacial score (nSPS) is 21.8. The van der Waals surface area contributed by atoms with Gasteiger partial charge in [0.2, 0.25) is 0 Å². The van der Waals surface area contributed by atoms with Crippen LogP contribution >= 0.6 is 15.6 Å². The highest BCUT2D eigenvalue weighted by Crippen LogP contribution is 2.52. The standard InChI is InChI=1S/C23H23F2N5O8P2/c24-15-3-1-5-17(8-15)37-39(31,32)35-10-14-7-20(30-13-29-21-22(26)27-12-28-23(21)30)19(14)11-36-40(33,34)38-18-6-2-4-16(25)9-18/h1-6,8-9,12-14,19-20H,7,10-11H2,(H,31,32)(H,33,34)(H2,26,27,28)/t14-,19-,20-/m1/s1. The predicted molar refractivity (Wildman–Crippen MR) is 136 cm³/mol. The topological polar surface area (TPSA) is 181 Å². The lowest BCUT2D eigenvalue weighted by molar-refractivity contribution is -0.00445. The molecule has 1 aliphatic carbocycles. The van der Waals surface area contributed by atoms with E-state index in [0.717, 1.165) is 24.3 Å². The molecular formula is C23H23F2N5O8P2. The lowest BCUT2D eigenvalue weighted by Crippen LogP contribution is -2.43. The summed E-state index contributed by atoms with van der Waals surface area (Å²) in [5.41, 5.74) is 6.64. The van der Waals surface area contributed by atoms with E-state index in [2.05, 4.69) is 15.0 Å². The number of nitrogen functional groups attached to an aromatic ring is 1. The smallest absolute Gasteiger partial charge is 0.404 e. The lowest BCUT2D eigenvalue weighted by atomic mass is 9.70. The third kappa shape index (κ3) is 6.47. The van der Waals surface area contributed by atoms with Crippen LogP contribution in [0, 0.1) is 23.5 Å². The highest BCUT2D eigenvalue weighted by atomic mass is 31.2. The van der Waals surface area contributed by atoms with Crippen LogP contribution in [0.2, 0.25) is 0 Å². The molecule has 2 heterocycles. The first-order chi connectivity index (χ1) is 19.0. The number of benzene rings is 2. The number of rotatable bonds is 11. The Morgan fingerprint density at radius 2 is 1.52 bits per heavy atom. The number of aromatic nitrogens is 4. The minimum Gasteiger partial charge on any atom is -0.404 e. The molecule has 2 aromatic heterocycles. The van der Waals surface area contributed by atoms with Crippen molar-refractivity contribution < 1.29 is 45.8 Å². The third-order valence-electron chi connectivity index (χ3n) is 6.30. The highest BCUT2D eigenvalue weighted by molar-refractivity contribution is 7.48. The van der Waals surface area contributed by atoms with Crippen molar-refractivity contribution in [1.29, 1.82) is 0 Å². The fourth-order valence-electron chi connectivity index (χ4n) is 4.39. The summed E-state index contributed by atoms with van der Waals surface area (Å²) < 4.78 is 74.0. The van der Waals surface area contributed by atoms with Gasteiger partial charge in [0.1, 0.15) is 35.0 Å². The fourth-order valence-corrected chi connectivity index (χ4v) is 5.99. The SMILES string of the molecule is Nc1ncnc2c1ncn2[C@@H]1C[C@H](COP(=O)(O)Oc2cccc(F)c2)[C@H]1COP(=O)(O)Oc1cccc(F)c1. The van der Waals surface area contributed by atoms with Gasteiger partial charge in [-0.3, -0.25) is 18.8 Å². The number of fused-ring (bicyclic) bond motifs is 1. The van der Waals surface area contributed by atoms with Crippen molar-refractivity contribution in [2.45, 2.75) is 12.5 Å². The molecular weight excluding hydrogens is 574 g/mol. The van der Waals surface area contributed by atoms with Crippen LogP contribution in [0.5, 0.6) is 11.5 Å². The largest absolute Gasteiger partial charge is 0.527 e. The predicted octanol–water partition coefficient (Wildman–Crippen LogP) is 4.26. The maximum Gasteiger partial charge on any atom is 0.527 e. The van der Waals surface area contributed by atoms with Crippen LogP contribution in [0.25, 0.3) is 11.2 Å². The molecule has 1 saturated carbocycles. The van der Waals surface area contributed by atoms with Gasteiger partial charge in [-0.15, -0.1) is 0 Å². The molecule has 4 N–H and O–H groups in total. The summed E-state index contributed by atoms with van der Waals surface area (Å²) in [6.07, 6.45) is 3.11. The van der Waals surface area contributed by atoms with Crippen molar-refractivity contribution in [3.8, 4) is 11.5 Å². The van der Waals surface area contributed by atoms with Gasteiger partial charge in [-0.1, -0.05) is 12.1 Å². The quantitative estimate of drug-likeness (QED) is 0.209. The number of hydrogen-bond donors (Lipinski definition) is 3. The van der Waals surface area contributed by atoms with E-state index in [1.54, 1.807) is 4.57 Å². The van der Waals surface area contributed by atoms with Gasteiger partial charge in [0.25, 0.3) is 0 Å². The zero-order valence-electron chi connectivity index (χ0n) is 20.5. The Bertz CT molecular complexity index is 1630. The Hall–Kier alpha value is -3.45. The highest BCUT2D eigenvalue weighted by Gasteiger charge is 2.45. The molecule has 1 fully saturated rings. The van der Waals surface area contributed by atoms with E-state index in [1.165, 1.54) is 36.9 Å². The van der Waals surface area contributed by atoms with Gasteiger partial charge in [-0.05, 0) is 36.6 Å². The second kappa shape index (κ2) is 11.2. The Labute approximate surface area is 225 Å². The van der Waals surface area contributed by atoms with Crippen LogP contribution in [0.15, 0.2) is 61.2 Å². The molecule has 0 radical (unpaired) electrons. The molecule has 0 bridgehead atoms. The number of halogens is 2. The van der Waals surface area contributed by atoms with E-state index >= 15 is 0 Å². The number of nitrogens with two attached hydrogens (primary N) is 1. The third-order valence-corrected chi connectivity index (χ3v) is 8.14. The molecule has 4 aromatic rings. The molecule has 17 heteroatoms. The molecule has 212 valence electrons. The molecule has 2 unspecified atom stereocenters. The number of anilines is 1. The maximum absolute atomic E-state index is 13.5. The average molecular weight is 597 g/mol. The molecule has 0 saturated heterocycles. The lowest BCUT2D eigenvalue weighted by Gasteiger charge is -2.45. The van der Waals surface area contributed by atoms with Crippen LogP contribution < -0.4 is 14.8 Å². The molecule has 0 aliphatic heterocycles. The Balaban J connectivity index is 1.31. The van der Waals surface area contributed by atoms with Crippen molar-refractivity contribution in [3.05, 3.63) is 72.8 Å². The number of phosphoric acid groups is 2. The summed E-state index contributed by atoms with van der Waals surface area (Å²) in [4.78, 5) is 32.8. The van der Waals surface area contributed by atoms with Crippen LogP contribution in [-0.2, 0) is 18.2 Å². The number of imidazole rings is 1. The van der Waals surface area contributed by atoms with Crippen molar-refractivity contribution >= 4 is 32.6 Å². The Morgan fingerprint density at radius 3 is 2.12 bits per heavy atom. The molecule has 13 nitrogen and oxygen atoms in total. The van der Waals surface area contributed by atoms with Gasteiger partial charge in [-0.25, -0.2) is 32.9 Å². The van der Waals surface area contributed by atoms with Crippen LogP contribution in [0.4, 0.5) is 14.6 Å². The summed E-state index contributed by atoms with van der Waals surface area (Å²) in [6.45, 7) is -0.666.